The van der Waals surface area contributed by atoms with Crippen LogP contribution >= 0.6 is 11.8 Å². The van der Waals surface area contributed by atoms with E-state index in [0.717, 1.165) is 80.1 Å². The van der Waals surface area contributed by atoms with Gasteiger partial charge in [-0.2, -0.15) is 0 Å². The molecule has 1 spiro atoms. The van der Waals surface area contributed by atoms with Gasteiger partial charge in [0, 0.05) is 88.6 Å². The van der Waals surface area contributed by atoms with Gasteiger partial charge in [0.1, 0.15) is 11.9 Å². The normalized spacial score (nSPS) is 29.2. The molecule has 0 radical (unpaired) electrons. The Morgan fingerprint density at radius 2 is 1.72 bits per heavy atom. The molecule has 4 aliphatic heterocycles. The molecule has 1 aliphatic carbocycles. The summed E-state index contributed by atoms with van der Waals surface area (Å²) in [4.78, 5) is 51.6. The summed E-state index contributed by atoms with van der Waals surface area (Å²) in [6.45, 7) is 9.09. The Morgan fingerprint density at radius 3 is 2.41 bits per heavy atom. The maximum atomic E-state index is 13.6. The molecule has 0 bridgehead atoms. The molecule has 1 saturated heterocycles. The highest BCUT2D eigenvalue weighted by Gasteiger charge is 2.79. The molecule has 13 heteroatoms. The van der Waals surface area contributed by atoms with Crippen LogP contribution in [0.4, 0.5) is 5.69 Å². The molecule has 1 saturated carbocycles. The third kappa shape index (κ3) is 7.42. The van der Waals surface area contributed by atoms with E-state index >= 15 is 0 Å². The number of carbonyl (C=O) groups is 3. The van der Waals surface area contributed by atoms with Gasteiger partial charge in [-0.3, -0.25) is 19.4 Å². The molecule has 12 nitrogen and oxygen atoms in total. The highest BCUT2D eigenvalue weighted by molar-refractivity contribution is 7.99. The van der Waals surface area contributed by atoms with E-state index < -0.39 is 40.5 Å². The summed E-state index contributed by atoms with van der Waals surface area (Å²) < 4.78 is 22.1. The minimum Gasteiger partial charge on any atom is -0.497 e. The van der Waals surface area contributed by atoms with Gasteiger partial charge in [0.15, 0.2) is 5.54 Å². The summed E-state index contributed by atoms with van der Waals surface area (Å²) in [5.74, 6) is -0.719. The van der Waals surface area contributed by atoms with Crippen LogP contribution in [0.2, 0.25) is 0 Å². The molecule has 4 aromatic rings. The van der Waals surface area contributed by atoms with Gasteiger partial charge in [-0.1, -0.05) is 73.7 Å². The number of allylic oxidation sites excluding steroid dienone is 1. The van der Waals surface area contributed by atoms with Crippen molar-refractivity contribution < 1.29 is 33.3 Å². The number of hydrogen-bond donors (Lipinski definition) is 2. The summed E-state index contributed by atoms with van der Waals surface area (Å²) in [5.41, 5.74) is 11.4. The first kappa shape index (κ1) is 45.5. The van der Waals surface area contributed by atoms with Gasteiger partial charge in [-0.25, -0.2) is 4.79 Å². The van der Waals surface area contributed by atoms with Crippen LogP contribution in [0.25, 0.3) is 10.9 Å². The van der Waals surface area contributed by atoms with Crippen molar-refractivity contribution in [2.24, 2.45) is 11.1 Å². The lowest BCUT2D eigenvalue weighted by molar-refractivity contribution is -0.188. The quantitative estimate of drug-likeness (QED) is 0.102. The van der Waals surface area contributed by atoms with Gasteiger partial charge < -0.3 is 34.6 Å². The molecule has 5 heterocycles. The number of likely N-dealkylation sites (N-methyl/N-ethyl adjacent to an activating group) is 2. The van der Waals surface area contributed by atoms with Crippen LogP contribution < -0.4 is 15.4 Å². The number of aromatic nitrogens is 1. The largest absolute Gasteiger partial charge is 0.497 e. The van der Waals surface area contributed by atoms with Crippen molar-refractivity contribution in [1.82, 2.24) is 14.8 Å². The van der Waals surface area contributed by atoms with Gasteiger partial charge in [0.25, 0.3) is 0 Å². The second kappa shape index (κ2) is 18.1. The Balaban J connectivity index is 0.000000175. The lowest BCUT2D eigenvalue weighted by atomic mass is 9.47. The molecular formula is C51H63N5O7S. The number of esters is 3. The van der Waals surface area contributed by atoms with Crippen LogP contribution in [0, 0.1) is 5.41 Å². The third-order valence-electron chi connectivity index (χ3n) is 14.7. The van der Waals surface area contributed by atoms with Crippen LogP contribution in [-0.4, -0.2) is 111 Å². The number of carbonyl (C=O) groups excluding carboxylic acids is 3. The fraction of sp³-hybridized carbons (Fsp3) is 0.471. The second-order valence-electron chi connectivity index (χ2n) is 18.0. The first-order valence-electron chi connectivity index (χ1n) is 22.5. The van der Waals surface area contributed by atoms with Gasteiger partial charge in [-0.15, -0.1) is 0 Å². The number of anilines is 1. The molecule has 4 unspecified atom stereocenters. The average molecular weight is 890 g/mol. The number of nitrogens with two attached hydrogens (primary N) is 1. The van der Waals surface area contributed by atoms with Crippen molar-refractivity contribution in [2.75, 3.05) is 60.0 Å². The molecular weight excluding hydrogens is 827 g/mol. The Labute approximate surface area is 381 Å². The van der Waals surface area contributed by atoms with Crippen molar-refractivity contribution in [3.8, 4) is 5.75 Å². The number of methoxy groups -OCH3 is 3. The van der Waals surface area contributed by atoms with Crippen LogP contribution in [-0.2, 0) is 40.6 Å². The lowest BCUT2D eigenvalue weighted by Crippen LogP contribution is -2.84. The maximum absolute atomic E-state index is 13.6. The molecule has 0 amide bonds. The van der Waals surface area contributed by atoms with Gasteiger partial charge in [-0.05, 0) is 93.2 Å². The zero-order valence-electron chi connectivity index (χ0n) is 38.4. The van der Waals surface area contributed by atoms with E-state index in [1.807, 2.05) is 25.2 Å². The van der Waals surface area contributed by atoms with Crippen molar-refractivity contribution in [3.63, 3.8) is 0 Å². The minimum atomic E-state index is -1.58. The maximum Gasteiger partial charge on any atom is 0.331 e. The highest BCUT2D eigenvalue weighted by Crippen LogP contribution is 2.67. The van der Waals surface area contributed by atoms with E-state index in [0.29, 0.717) is 6.42 Å². The molecule has 3 aromatic carbocycles. The first-order chi connectivity index (χ1) is 30.8. The Bertz CT molecular complexity index is 2470. The molecule has 9 rings (SSSR count). The topological polar surface area (TPSA) is 140 Å². The second-order valence-corrected chi connectivity index (χ2v) is 19.2. The SMILES string of the molecule is CC/C1=C/CCC(C(=O)OC)c2[nH]c3ccc(Sc4ccccc4)cc3c2CN(C)C1.CC[C@]12C=CCN3CC[C@@]4(c5ccc(OC)cc5N(C)C4[C@@](N)(C(=O)OC)C1OC(C)=O)C32. The Kier molecular flexibility index (Phi) is 12.8. The average Bonchev–Trinajstić information content (AvgIpc) is 3.95. The lowest BCUT2D eigenvalue weighted by Gasteiger charge is -2.64. The van der Waals surface area contributed by atoms with Crippen LogP contribution in [0.5, 0.6) is 5.75 Å². The minimum absolute atomic E-state index is 0.0211. The zero-order chi connectivity index (χ0) is 45.6. The number of rotatable bonds is 8. The van der Waals surface area contributed by atoms with Crippen LogP contribution in [0.15, 0.2) is 100 Å². The van der Waals surface area contributed by atoms with Crippen molar-refractivity contribution in [1.29, 1.82) is 0 Å². The fourth-order valence-electron chi connectivity index (χ4n) is 12.2. The van der Waals surface area contributed by atoms with Crippen molar-refractivity contribution in [3.05, 3.63) is 107 Å². The predicted molar refractivity (Wildman–Crippen MR) is 251 cm³/mol. The number of fused-ring (bicyclic) bond motifs is 4. The number of H-pyrrole nitrogens is 1. The van der Waals surface area contributed by atoms with E-state index in [2.05, 4.69) is 107 Å². The number of hydrogen-bond acceptors (Lipinski definition) is 12. The highest BCUT2D eigenvalue weighted by atomic mass is 32.2. The number of benzene rings is 3. The Morgan fingerprint density at radius 1 is 0.938 bits per heavy atom. The van der Waals surface area contributed by atoms with E-state index in [1.54, 1.807) is 18.9 Å². The third-order valence-corrected chi connectivity index (χ3v) is 15.7. The molecule has 5 aliphatic rings. The molecule has 1 aromatic heterocycles. The number of nitrogens with one attached hydrogen (secondary N) is 1. The smallest absolute Gasteiger partial charge is 0.331 e. The van der Waals surface area contributed by atoms with Crippen LogP contribution in [0.1, 0.15) is 75.6 Å². The van der Waals surface area contributed by atoms with E-state index in [-0.39, 0.29) is 17.9 Å². The van der Waals surface area contributed by atoms with Crippen molar-refractivity contribution >= 4 is 46.3 Å². The standard InChI is InChI=1S/C26H30N2O2S.C25H33N3O5/c1-4-18-9-8-12-21(26(29)30-3)25-23(17-28(2)16-18)22-15-20(13-14-24(22)27-25)31-19-10-6-5-7-11-19;1-6-23-10-7-12-28-13-11-24(19(23)28)17-9-8-16(31-4)14-18(17)27(3)20(24)25(26,22(30)32-5)21(23)33-15(2)29/h5-7,9-11,13-15,21,27H,4,8,12,16-17H2,1-3H3;7-10,14,19-21H,6,11-13,26H2,1-5H3/b18-9-;/t;19?,20?,21?,23-,24-,25+/m.1/s1. The molecule has 7 atom stereocenters. The predicted octanol–water partition coefficient (Wildman–Crippen LogP) is 7.75. The number of aromatic amines is 1. The van der Waals surface area contributed by atoms with E-state index in [1.165, 1.54) is 47.5 Å². The fourth-order valence-corrected chi connectivity index (χ4v) is 13.0. The van der Waals surface area contributed by atoms with E-state index in [4.69, 9.17) is 24.7 Å². The van der Waals surface area contributed by atoms with Gasteiger partial charge in [0.05, 0.1) is 33.3 Å². The summed E-state index contributed by atoms with van der Waals surface area (Å²) in [7, 11) is 8.60. The van der Waals surface area contributed by atoms with Crippen LogP contribution in [0.3, 0.4) is 0 Å². The molecule has 64 heavy (non-hydrogen) atoms. The molecule has 2 fully saturated rings. The summed E-state index contributed by atoms with van der Waals surface area (Å²) in [5, 5.41) is 1.19. The Hall–Kier alpha value is -5.08. The zero-order valence-corrected chi connectivity index (χ0v) is 39.3. The van der Waals surface area contributed by atoms with Gasteiger partial charge >= 0.3 is 17.9 Å². The van der Waals surface area contributed by atoms with E-state index in [9.17, 15) is 14.4 Å². The molecule has 340 valence electrons. The number of nitrogens with zero attached hydrogens (tertiary/aromatic N) is 3. The monoisotopic (exact) mass is 889 g/mol. The summed E-state index contributed by atoms with van der Waals surface area (Å²) in [6.07, 6.45) is 9.88. The van der Waals surface area contributed by atoms with Gasteiger partial charge in [0.2, 0.25) is 0 Å². The summed E-state index contributed by atoms with van der Waals surface area (Å²) in [6, 6.07) is 22.6. The molecule has 3 N–H and O–H groups in total. The first-order valence-corrected chi connectivity index (χ1v) is 23.3. The van der Waals surface area contributed by atoms with Crippen molar-refractivity contribution in [2.45, 2.75) is 104 Å². The summed E-state index contributed by atoms with van der Waals surface area (Å²) >= 11 is 1.76. The number of ether oxygens (including phenoxy) is 4.